The van der Waals surface area contributed by atoms with Gasteiger partial charge in [0.25, 0.3) is 23.4 Å². The summed E-state index contributed by atoms with van der Waals surface area (Å²) in [4.78, 5) is 51.4. The summed E-state index contributed by atoms with van der Waals surface area (Å²) in [6.07, 6.45) is 0.827. The molecule has 4 rings (SSSR count). The van der Waals surface area contributed by atoms with Gasteiger partial charge in [-0.2, -0.15) is 5.01 Å². The molecule has 2 aliphatic rings. The summed E-state index contributed by atoms with van der Waals surface area (Å²) in [5.74, 6) is -2.97. The van der Waals surface area contributed by atoms with Crippen molar-refractivity contribution in [2.75, 3.05) is 0 Å². The summed E-state index contributed by atoms with van der Waals surface area (Å²) in [6.45, 7) is -0.399. The Morgan fingerprint density at radius 2 is 1.65 bits per heavy atom. The Morgan fingerprint density at radius 3 is 2.21 bits per heavy atom. The highest BCUT2D eigenvalue weighted by atomic mass is 79.9. The van der Waals surface area contributed by atoms with E-state index in [2.05, 4.69) is 31.9 Å². The molecule has 8 nitrogen and oxygen atoms in total. The smallest absolute Gasteiger partial charge is 0.272 e. The van der Waals surface area contributed by atoms with Crippen molar-refractivity contribution in [3.8, 4) is 0 Å². The van der Waals surface area contributed by atoms with Crippen molar-refractivity contribution in [1.29, 1.82) is 0 Å². The summed E-state index contributed by atoms with van der Waals surface area (Å²) in [7, 11) is 0. The van der Waals surface area contributed by atoms with Gasteiger partial charge in [0.05, 0.1) is 39.5 Å². The van der Waals surface area contributed by atoms with E-state index in [0.717, 1.165) is 16.1 Å². The lowest BCUT2D eigenvalue weighted by Crippen LogP contribution is -2.50. The standard InChI is InChI=1S/C22H17Br2Cl2N3O5/c23-16-8-14-15(9-17(16)24)22(32)28(21(14)31)27(20(30)13-3-1-2-4-18(13)26)10-11-5-6-12(25)7-19(11)29(33)34/h1-7,14-17H,8-10H2/t14-,15-,16+,17+/m1/s1. The number of nitrogens with zero attached hydrogens (tertiary/aromatic N) is 3. The zero-order valence-electron chi connectivity index (χ0n) is 17.4. The van der Waals surface area contributed by atoms with Crippen LogP contribution in [0.3, 0.4) is 0 Å². The number of fused-ring (bicyclic) bond motifs is 1. The first-order valence-corrected chi connectivity index (χ1v) is 12.8. The number of alkyl halides is 2. The Kier molecular flexibility index (Phi) is 7.33. The zero-order chi connectivity index (χ0) is 24.7. The molecule has 1 aliphatic carbocycles. The van der Waals surface area contributed by atoms with Gasteiger partial charge in [0, 0.05) is 20.7 Å². The second-order valence-corrected chi connectivity index (χ2v) is 11.3. The molecule has 2 fully saturated rings. The third-order valence-electron chi connectivity index (χ3n) is 6.03. The molecule has 2 aromatic rings. The number of carbonyl (C=O) groups excluding carboxylic acids is 3. The summed E-state index contributed by atoms with van der Waals surface area (Å²) in [5, 5.41) is 13.7. The number of rotatable bonds is 5. The van der Waals surface area contributed by atoms with Crippen molar-refractivity contribution < 1.29 is 19.3 Å². The van der Waals surface area contributed by atoms with Crippen molar-refractivity contribution in [1.82, 2.24) is 10.0 Å². The van der Waals surface area contributed by atoms with Gasteiger partial charge in [-0.05, 0) is 37.1 Å². The van der Waals surface area contributed by atoms with Crippen LogP contribution in [0.5, 0.6) is 0 Å². The largest absolute Gasteiger partial charge is 0.275 e. The quantitative estimate of drug-likeness (QED) is 0.190. The Morgan fingerprint density at radius 1 is 1.06 bits per heavy atom. The van der Waals surface area contributed by atoms with Gasteiger partial charge in [-0.15, -0.1) is 0 Å². The Bertz CT molecular complexity index is 1170. The molecule has 4 atom stereocenters. The molecule has 178 valence electrons. The molecule has 0 bridgehead atoms. The van der Waals surface area contributed by atoms with Crippen LogP contribution in [0.4, 0.5) is 5.69 Å². The van der Waals surface area contributed by atoms with Gasteiger partial charge in [0.2, 0.25) is 0 Å². The van der Waals surface area contributed by atoms with Crippen molar-refractivity contribution in [2.45, 2.75) is 29.0 Å². The van der Waals surface area contributed by atoms with E-state index in [0.29, 0.717) is 12.8 Å². The van der Waals surface area contributed by atoms with Gasteiger partial charge in [0.1, 0.15) is 0 Å². The molecule has 2 aromatic carbocycles. The molecule has 0 radical (unpaired) electrons. The monoisotopic (exact) mass is 631 g/mol. The second kappa shape index (κ2) is 9.93. The van der Waals surface area contributed by atoms with Crippen LogP contribution in [0.15, 0.2) is 42.5 Å². The molecular weight excluding hydrogens is 617 g/mol. The second-order valence-electron chi connectivity index (χ2n) is 8.08. The van der Waals surface area contributed by atoms with Gasteiger partial charge >= 0.3 is 0 Å². The minimum Gasteiger partial charge on any atom is -0.272 e. The maximum absolute atomic E-state index is 13.6. The number of amides is 3. The number of benzene rings is 2. The highest BCUT2D eigenvalue weighted by Crippen LogP contribution is 2.44. The van der Waals surface area contributed by atoms with Crippen LogP contribution >= 0.6 is 55.1 Å². The number of imide groups is 1. The molecule has 0 N–H and O–H groups in total. The SMILES string of the molecule is O=C(c1ccccc1Cl)N(Cc1ccc(Cl)cc1[N+](=O)[O-])N1C(=O)[C@@H]2C[C@H](Br)[C@@H](Br)C[C@H]2C1=O. The average Bonchev–Trinajstić information content (AvgIpc) is 3.02. The Balaban J connectivity index is 1.79. The van der Waals surface area contributed by atoms with Crippen LogP contribution in [-0.4, -0.2) is 42.3 Å². The van der Waals surface area contributed by atoms with E-state index in [1.807, 2.05) is 0 Å². The first-order chi connectivity index (χ1) is 16.1. The third kappa shape index (κ3) is 4.60. The molecule has 3 amide bonds. The lowest BCUT2D eigenvalue weighted by Gasteiger charge is -2.30. The highest BCUT2D eigenvalue weighted by molar-refractivity contribution is 9.12. The first-order valence-electron chi connectivity index (χ1n) is 10.2. The molecule has 0 spiro atoms. The van der Waals surface area contributed by atoms with Crippen LogP contribution in [0.25, 0.3) is 0 Å². The van der Waals surface area contributed by atoms with E-state index < -0.39 is 41.0 Å². The molecule has 1 saturated heterocycles. The number of halogens is 4. The highest BCUT2D eigenvalue weighted by Gasteiger charge is 2.54. The first kappa shape index (κ1) is 25.1. The Labute approximate surface area is 221 Å². The molecule has 1 saturated carbocycles. The number of nitro groups is 1. The Hall–Kier alpha value is -2.01. The van der Waals surface area contributed by atoms with Gasteiger partial charge in [-0.1, -0.05) is 67.2 Å². The molecular formula is C22H17Br2Cl2N3O5. The zero-order valence-corrected chi connectivity index (χ0v) is 22.1. The third-order valence-corrected chi connectivity index (χ3v) is 9.33. The lowest BCUT2D eigenvalue weighted by molar-refractivity contribution is -0.385. The molecule has 34 heavy (non-hydrogen) atoms. The van der Waals surface area contributed by atoms with Gasteiger partial charge in [-0.3, -0.25) is 24.5 Å². The number of hydrogen-bond acceptors (Lipinski definition) is 5. The van der Waals surface area contributed by atoms with E-state index in [1.54, 1.807) is 12.1 Å². The summed E-state index contributed by atoms with van der Waals surface area (Å²) in [6, 6.07) is 10.2. The number of nitro benzene ring substituents is 1. The van der Waals surface area contributed by atoms with E-state index in [-0.39, 0.29) is 36.5 Å². The summed E-state index contributed by atoms with van der Waals surface area (Å²) in [5.41, 5.74) is -0.156. The lowest BCUT2D eigenvalue weighted by atomic mass is 9.81. The predicted octanol–water partition coefficient (Wildman–Crippen LogP) is 5.38. The molecule has 12 heteroatoms. The normalized spacial score (nSPS) is 24.2. The summed E-state index contributed by atoms with van der Waals surface area (Å²) >= 11 is 19.2. The van der Waals surface area contributed by atoms with Crippen LogP contribution in [0, 0.1) is 22.0 Å². The van der Waals surface area contributed by atoms with Crippen molar-refractivity contribution in [3.63, 3.8) is 0 Å². The maximum atomic E-state index is 13.6. The van der Waals surface area contributed by atoms with E-state index >= 15 is 0 Å². The number of hydrogen-bond donors (Lipinski definition) is 0. The summed E-state index contributed by atoms with van der Waals surface area (Å²) < 4.78 is 0. The molecule has 0 aromatic heterocycles. The maximum Gasteiger partial charge on any atom is 0.275 e. The number of hydrazine groups is 1. The van der Waals surface area contributed by atoms with Crippen LogP contribution in [0.1, 0.15) is 28.8 Å². The van der Waals surface area contributed by atoms with Crippen LogP contribution in [-0.2, 0) is 16.1 Å². The fraction of sp³-hybridized carbons (Fsp3) is 0.318. The molecule has 1 aliphatic heterocycles. The van der Waals surface area contributed by atoms with E-state index in [1.165, 1.54) is 24.3 Å². The molecule has 0 unspecified atom stereocenters. The fourth-order valence-corrected chi connectivity index (χ4v) is 5.94. The van der Waals surface area contributed by atoms with Crippen molar-refractivity contribution >= 4 is 78.5 Å². The molecule has 1 heterocycles. The van der Waals surface area contributed by atoms with Crippen molar-refractivity contribution in [2.24, 2.45) is 11.8 Å². The van der Waals surface area contributed by atoms with E-state index in [4.69, 9.17) is 23.2 Å². The van der Waals surface area contributed by atoms with Gasteiger partial charge in [-0.25, -0.2) is 5.01 Å². The van der Waals surface area contributed by atoms with Gasteiger partial charge < -0.3 is 0 Å². The van der Waals surface area contributed by atoms with Gasteiger partial charge in [0.15, 0.2) is 0 Å². The minimum atomic E-state index is -0.721. The van der Waals surface area contributed by atoms with Crippen LogP contribution < -0.4 is 0 Å². The fourth-order valence-electron chi connectivity index (χ4n) is 4.32. The van der Waals surface area contributed by atoms with E-state index in [9.17, 15) is 24.5 Å². The minimum absolute atomic E-state index is 0.0180. The van der Waals surface area contributed by atoms with Crippen molar-refractivity contribution in [3.05, 3.63) is 73.8 Å². The van der Waals surface area contributed by atoms with Crippen LogP contribution in [0.2, 0.25) is 10.0 Å². The topological polar surface area (TPSA) is 101 Å². The number of carbonyl (C=O) groups is 3. The predicted molar refractivity (Wildman–Crippen MR) is 133 cm³/mol. The average molecular weight is 634 g/mol.